The minimum absolute atomic E-state index is 0.0217. The van der Waals surface area contributed by atoms with Gasteiger partial charge in [-0.25, -0.2) is 0 Å². The molecule has 1 spiro atoms. The van der Waals surface area contributed by atoms with Crippen LogP contribution in [0.3, 0.4) is 0 Å². The summed E-state index contributed by atoms with van der Waals surface area (Å²) in [6.07, 6.45) is 9.30. The Labute approximate surface area is 234 Å². The smallest absolute Gasteiger partial charge is 0.263 e. The van der Waals surface area contributed by atoms with Crippen molar-refractivity contribution in [2.24, 2.45) is 5.41 Å². The van der Waals surface area contributed by atoms with E-state index in [9.17, 15) is 9.59 Å². The van der Waals surface area contributed by atoms with E-state index in [0.29, 0.717) is 6.54 Å². The maximum atomic E-state index is 13.7. The number of hydrogen-bond acceptors (Lipinski definition) is 4. The second-order valence-electron chi connectivity index (χ2n) is 12.1. The third-order valence-electron chi connectivity index (χ3n) is 9.32. The monoisotopic (exact) mass is 531 g/mol. The summed E-state index contributed by atoms with van der Waals surface area (Å²) in [6, 6.07) is 14.3. The van der Waals surface area contributed by atoms with Crippen LogP contribution < -0.4 is 9.64 Å². The van der Waals surface area contributed by atoms with Gasteiger partial charge in [-0.1, -0.05) is 30.7 Å². The second-order valence-corrected chi connectivity index (χ2v) is 12.1. The summed E-state index contributed by atoms with van der Waals surface area (Å²) < 4.78 is 6.14. The number of benzene rings is 2. The van der Waals surface area contributed by atoms with Crippen molar-refractivity contribution in [3.63, 3.8) is 0 Å². The summed E-state index contributed by atoms with van der Waals surface area (Å²) in [5.41, 5.74) is 4.37. The number of rotatable bonds is 2. The number of amides is 2. The molecule has 0 saturated carbocycles. The Kier molecular flexibility index (Phi) is 8.49. The Morgan fingerprint density at radius 1 is 0.897 bits per heavy atom. The third-order valence-corrected chi connectivity index (χ3v) is 9.32. The van der Waals surface area contributed by atoms with E-state index in [2.05, 4.69) is 24.0 Å². The maximum Gasteiger partial charge on any atom is 0.263 e. The number of anilines is 1. The van der Waals surface area contributed by atoms with Gasteiger partial charge in [-0.3, -0.25) is 9.59 Å². The fourth-order valence-corrected chi connectivity index (χ4v) is 6.95. The van der Waals surface area contributed by atoms with Crippen LogP contribution in [0.4, 0.5) is 5.69 Å². The number of likely N-dealkylation sites (tertiary alicyclic amines) is 1. The highest BCUT2D eigenvalue weighted by Gasteiger charge is 2.38. The van der Waals surface area contributed by atoms with Crippen LogP contribution in [0.2, 0.25) is 0 Å². The molecule has 39 heavy (non-hydrogen) atoms. The molecular weight excluding hydrogens is 486 g/mol. The van der Waals surface area contributed by atoms with E-state index in [4.69, 9.17) is 4.74 Å². The van der Waals surface area contributed by atoms with E-state index in [0.717, 1.165) is 81.6 Å². The number of fused-ring (bicyclic) bond motifs is 1. The summed E-state index contributed by atoms with van der Waals surface area (Å²) in [5, 5.41) is 0. The Hall–Kier alpha value is -3.02. The van der Waals surface area contributed by atoms with Gasteiger partial charge in [-0.2, -0.15) is 0 Å². The molecule has 210 valence electrons. The largest absolute Gasteiger partial charge is 0.481 e. The summed E-state index contributed by atoms with van der Waals surface area (Å²) >= 11 is 0. The van der Waals surface area contributed by atoms with Crippen LogP contribution in [0.1, 0.15) is 79.8 Å². The third kappa shape index (κ3) is 6.10. The van der Waals surface area contributed by atoms with Crippen LogP contribution in [-0.2, 0) is 11.2 Å². The molecule has 2 aromatic carbocycles. The molecule has 0 radical (unpaired) electrons. The molecule has 0 unspecified atom stereocenters. The van der Waals surface area contributed by atoms with Crippen LogP contribution >= 0.6 is 0 Å². The molecule has 2 fully saturated rings. The standard InChI is InChI=1S/C33H45N3O3/c1-25-28(14-11-15-29(25)35-20-9-4-10-21-35)32(38)36-22-18-33(19-23-36)17-8-7-13-27-12-5-6-16-30(27)39-26(2)31(37)34(3)24-33/h5-6,11-12,14-16,26H,4,7-10,13,17-24H2,1-3H3/t26-/m1/s1. The van der Waals surface area contributed by atoms with Gasteiger partial charge in [-0.15, -0.1) is 0 Å². The second kappa shape index (κ2) is 12.0. The summed E-state index contributed by atoms with van der Waals surface area (Å²) in [4.78, 5) is 33.4. The predicted octanol–water partition coefficient (Wildman–Crippen LogP) is 5.86. The van der Waals surface area contributed by atoms with Crippen LogP contribution in [0.25, 0.3) is 0 Å². The topological polar surface area (TPSA) is 53.1 Å². The van der Waals surface area contributed by atoms with Gasteiger partial charge in [0.2, 0.25) is 0 Å². The highest BCUT2D eigenvalue weighted by Crippen LogP contribution is 2.39. The zero-order valence-electron chi connectivity index (χ0n) is 24.1. The Bertz CT molecular complexity index is 1160. The highest BCUT2D eigenvalue weighted by atomic mass is 16.5. The quantitative estimate of drug-likeness (QED) is 0.487. The van der Waals surface area contributed by atoms with Crippen molar-refractivity contribution in [1.29, 1.82) is 0 Å². The predicted molar refractivity (Wildman–Crippen MR) is 157 cm³/mol. The number of aryl methyl sites for hydroxylation is 1. The van der Waals surface area contributed by atoms with E-state index >= 15 is 0 Å². The summed E-state index contributed by atoms with van der Waals surface area (Å²) in [7, 11) is 1.91. The van der Waals surface area contributed by atoms with E-state index in [-0.39, 0.29) is 17.2 Å². The van der Waals surface area contributed by atoms with Gasteiger partial charge in [0.25, 0.3) is 11.8 Å². The minimum atomic E-state index is -0.524. The van der Waals surface area contributed by atoms with Gasteiger partial charge < -0.3 is 19.4 Å². The lowest BCUT2D eigenvalue weighted by atomic mass is 9.73. The van der Waals surface area contributed by atoms with Crippen molar-refractivity contribution in [3.8, 4) is 5.75 Å². The van der Waals surface area contributed by atoms with Gasteiger partial charge in [0.15, 0.2) is 6.10 Å². The lowest BCUT2D eigenvalue weighted by Crippen LogP contribution is -2.50. The van der Waals surface area contributed by atoms with Gasteiger partial charge in [0.05, 0.1) is 0 Å². The first-order chi connectivity index (χ1) is 18.9. The molecule has 1 atom stereocenters. The molecule has 2 aromatic rings. The fourth-order valence-electron chi connectivity index (χ4n) is 6.95. The molecule has 3 aliphatic heterocycles. The van der Waals surface area contributed by atoms with Crippen molar-refractivity contribution in [3.05, 3.63) is 59.2 Å². The average Bonchev–Trinajstić information content (AvgIpc) is 2.96. The number of nitrogens with zero attached hydrogens (tertiary/aromatic N) is 3. The number of carbonyl (C=O) groups is 2. The van der Waals surface area contributed by atoms with Gasteiger partial charge in [0, 0.05) is 51.0 Å². The maximum absolute atomic E-state index is 13.7. The van der Waals surface area contributed by atoms with Crippen LogP contribution in [0, 0.1) is 12.3 Å². The van der Waals surface area contributed by atoms with E-state index in [1.165, 1.54) is 30.5 Å². The first kappa shape index (κ1) is 27.5. The van der Waals surface area contributed by atoms with Gasteiger partial charge in [0.1, 0.15) is 5.75 Å². The number of likely N-dealkylation sites (N-methyl/N-ethyl adjacent to an activating group) is 1. The average molecular weight is 532 g/mol. The first-order valence-electron chi connectivity index (χ1n) is 15.0. The SMILES string of the molecule is Cc1c(C(=O)N2CCC3(CCCCc4ccccc4O[C@H](C)C(=O)N(C)C3)CC2)cccc1N1CCCCC1. The lowest BCUT2D eigenvalue weighted by Gasteiger charge is -2.44. The Balaban J connectivity index is 1.28. The molecule has 6 nitrogen and oxygen atoms in total. The molecule has 3 heterocycles. The lowest BCUT2D eigenvalue weighted by molar-refractivity contribution is -0.138. The van der Waals surface area contributed by atoms with E-state index in [1.807, 2.05) is 54.1 Å². The summed E-state index contributed by atoms with van der Waals surface area (Å²) in [6.45, 7) is 8.31. The Morgan fingerprint density at radius 2 is 1.64 bits per heavy atom. The van der Waals surface area contributed by atoms with Crippen molar-refractivity contribution < 1.29 is 14.3 Å². The number of para-hydroxylation sites is 1. The first-order valence-corrected chi connectivity index (χ1v) is 15.0. The molecule has 0 bridgehead atoms. The molecule has 2 amide bonds. The van der Waals surface area contributed by atoms with E-state index < -0.39 is 6.10 Å². The molecular formula is C33H45N3O3. The van der Waals surface area contributed by atoms with Gasteiger partial charge >= 0.3 is 0 Å². The van der Waals surface area contributed by atoms with E-state index in [1.54, 1.807) is 0 Å². The molecule has 0 aliphatic carbocycles. The van der Waals surface area contributed by atoms with Crippen LogP contribution in [0.5, 0.6) is 5.75 Å². The fraction of sp³-hybridized carbons (Fsp3) is 0.576. The number of piperidine rings is 2. The molecule has 6 heteroatoms. The van der Waals surface area contributed by atoms with Gasteiger partial charge in [-0.05, 0) is 100.0 Å². The van der Waals surface area contributed by atoms with Crippen molar-refractivity contribution >= 4 is 17.5 Å². The summed E-state index contributed by atoms with van der Waals surface area (Å²) in [5.74, 6) is 0.999. The molecule has 3 aliphatic rings. The minimum Gasteiger partial charge on any atom is -0.481 e. The van der Waals surface area contributed by atoms with Crippen molar-refractivity contribution in [2.75, 3.05) is 44.7 Å². The normalized spacial score (nSPS) is 22.5. The number of ether oxygens (including phenoxy) is 1. The molecule has 2 saturated heterocycles. The number of hydrogen-bond donors (Lipinski definition) is 0. The molecule has 5 rings (SSSR count). The van der Waals surface area contributed by atoms with Crippen LogP contribution in [-0.4, -0.2) is 67.5 Å². The van der Waals surface area contributed by atoms with Crippen molar-refractivity contribution in [2.45, 2.75) is 77.7 Å². The zero-order valence-corrected chi connectivity index (χ0v) is 24.1. The molecule has 0 N–H and O–H groups in total. The highest BCUT2D eigenvalue weighted by molar-refractivity contribution is 5.97. The van der Waals surface area contributed by atoms with Crippen molar-refractivity contribution in [1.82, 2.24) is 9.80 Å². The zero-order chi connectivity index (χ0) is 27.4. The Morgan fingerprint density at radius 3 is 2.41 bits per heavy atom. The van der Waals surface area contributed by atoms with Crippen LogP contribution in [0.15, 0.2) is 42.5 Å². The number of carbonyl (C=O) groups excluding carboxylic acids is 2. The molecule has 0 aromatic heterocycles.